The molecular weight excluding hydrogens is 228 g/mol. The van der Waals surface area contributed by atoms with Crippen molar-refractivity contribution in [3.05, 3.63) is 23.8 Å². The van der Waals surface area contributed by atoms with E-state index in [1.807, 2.05) is 12.4 Å². The summed E-state index contributed by atoms with van der Waals surface area (Å²) in [5.41, 5.74) is 2.01. The van der Waals surface area contributed by atoms with Crippen LogP contribution in [0.15, 0.2) is 12.4 Å². The van der Waals surface area contributed by atoms with Gasteiger partial charge >= 0.3 is 0 Å². The first-order chi connectivity index (χ1) is 5.91. The van der Waals surface area contributed by atoms with Crippen LogP contribution in [0, 0.1) is 0 Å². The molecule has 1 aromatic rings. The second-order valence-corrected chi connectivity index (χ2v) is 5.94. The van der Waals surface area contributed by atoms with Crippen molar-refractivity contribution in [1.82, 2.24) is 9.97 Å². The number of rotatable bonds is 2. The standard InChI is InChI=1S/C10H15BrN2/c1-7(2)8-5-13-9(6-12-8)10(3,4)11/h5-7H,1-4H3. The Morgan fingerprint density at radius 2 is 1.85 bits per heavy atom. The number of alkyl halides is 1. The lowest BCUT2D eigenvalue weighted by atomic mass is 10.1. The summed E-state index contributed by atoms with van der Waals surface area (Å²) in [7, 11) is 0. The minimum Gasteiger partial charge on any atom is -0.257 e. The van der Waals surface area contributed by atoms with Gasteiger partial charge in [0.1, 0.15) is 0 Å². The molecule has 0 fully saturated rings. The zero-order valence-electron chi connectivity index (χ0n) is 8.50. The Hall–Kier alpha value is -0.440. The van der Waals surface area contributed by atoms with E-state index in [2.05, 4.69) is 53.6 Å². The van der Waals surface area contributed by atoms with Crippen LogP contribution in [0.2, 0.25) is 0 Å². The normalized spacial score (nSPS) is 12.2. The molecule has 0 spiro atoms. The van der Waals surface area contributed by atoms with E-state index in [-0.39, 0.29) is 4.32 Å². The van der Waals surface area contributed by atoms with E-state index in [1.54, 1.807) is 0 Å². The van der Waals surface area contributed by atoms with Gasteiger partial charge in [0.15, 0.2) is 0 Å². The fraction of sp³-hybridized carbons (Fsp3) is 0.600. The summed E-state index contributed by atoms with van der Waals surface area (Å²) in [5.74, 6) is 0.444. The predicted molar refractivity (Wildman–Crippen MR) is 58.1 cm³/mol. The monoisotopic (exact) mass is 242 g/mol. The zero-order chi connectivity index (χ0) is 10.1. The van der Waals surface area contributed by atoms with Crippen LogP contribution in [0.1, 0.15) is 45.0 Å². The van der Waals surface area contributed by atoms with Gasteiger partial charge in [0.2, 0.25) is 0 Å². The summed E-state index contributed by atoms with van der Waals surface area (Å²) >= 11 is 3.55. The highest BCUT2D eigenvalue weighted by atomic mass is 79.9. The van der Waals surface area contributed by atoms with Gasteiger partial charge in [-0.25, -0.2) is 0 Å². The van der Waals surface area contributed by atoms with E-state index in [4.69, 9.17) is 0 Å². The minimum atomic E-state index is -0.0878. The van der Waals surface area contributed by atoms with E-state index in [0.717, 1.165) is 11.4 Å². The summed E-state index contributed by atoms with van der Waals surface area (Å²) in [6.07, 6.45) is 3.69. The van der Waals surface area contributed by atoms with E-state index in [0.29, 0.717) is 5.92 Å². The molecule has 0 aliphatic heterocycles. The molecule has 0 atom stereocenters. The van der Waals surface area contributed by atoms with Crippen LogP contribution in [0.4, 0.5) is 0 Å². The van der Waals surface area contributed by atoms with E-state index in [9.17, 15) is 0 Å². The first kappa shape index (κ1) is 10.6. The molecule has 0 aliphatic rings. The topological polar surface area (TPSA) is 25.8 Å². The van der Waals surface area contributed by atoms with Crippen molar-refractivity contribution in [1.29, 1.82) is 0 Å². The summed E-state index contributed by atoms with van der Waals surface area (Å²) in [6.45, 7) is 8.35. The van der Waals surface area contributed by atoms with Crippen molar-refractivity contribution in [3.63, 3.8) is 0 Å². The number of nitrogens with zero attached hydrogens (tertiary/aromatic N) is 2. The number of hydrogen-bond acceptors (Lipinski definition) is 2. The van der Waals surface area contributed by atoms with Crippen molar-refractivity contribution in [3.8, 4) is 0 Å². The van der Waals surface area contributed by atoms with E-state index >= 15 is 0 Å². The van der Waals surface area contributed by atoms with Gasteiger partial charge in [-0.1, -0.05) is 29.8 Å². The SMILES string of the molecule is CC(C)c1cnc(C(C)(C)Br)cn1. The second-order valence-electron chi connectivity index (χ2n) is 3.95. The van der Waals surface area contributed by atoms with Crippen LogP contribution in [0.3, 0.4) is 0 Å². The molecule has 0 saturated carbocycles. The molecule has 2 nitrogen and oxygen atoms in total. The maximum atomic E-state index is 4.36. The van der Waals surface area contributed by atoms with Crippen molar-refractivity contribution < 1.29 is 0 Å². The van der Waals surface area contributed by atoms with Crippen LogP contribution in [0.25, 0.3) is 0 Å². The van der Waals surface area contributed by atoms with Gasteiger partial charge in [0.05, 0.1) is 21.9 Å². The van der Waals surface area contributed by atoms with E-state index in [1.165, 1.54) is 0 Å². The first-order valence-corrected chi connectivity index (χ1v) is 5.22. The molecule has 3 heteroatoms. The Morgan fingerprint density at radius 3 is 2.15 bits per heavy atom. The summed E-state index contributed by atoms with van der Waals surface area (Å²) in [4.78, 5) is 8.71. The highest BCUT2D eigenvalue weighted by Crippen LogP contribution is 2.27. The van der Waals surface area contributed by atoms with Crippen LogP contribution in [-0.4, -0.2) is 9.97 Å². The lowest BCUT2D eigenvalue weighted by Crippen LogP contribution is -2.10. The van der Waals surface area contributed by atoms with Crippen molar-refractivity contribution in [2.75, 3.05) is 0 Å². The fourth-order valence-electron chi connectivity index (χ4n) is 0.943. The molecule has 72 valence electrons. The average Bonchev–Trinajstić information content (AvgIpc) is 2.03. The van der Waals surface area contributed by atoms with Gasteiger partial charge in [0.25, 0.3) is 0 Å². The third-order valence-electron chi connectivity index (χ3n) is 1.87. The molecule has 0 unspecified atom stereocenters. The van der Waals surface area contributed by atoms with Crippen LogP contribution in [-0.2, 0) is 4.32 Å². The fourth-order valence-corrected chi connectivity index (χ4v) is 1.15. The molecule has 0 amide bonds. The van der Waals surface area contributed by atoms with E-state index < -0.39 is 0 Å². The van der Waals surface area contributed by atoms with Crippen molar-refractivity contribution in [2.45, 2.75) is 37.9 Å². The number of halogens is 1. The summed E-state index contributed by atoms with van der Waals surface area (Å²) in [5, 5.41) is 0. The zero-order valence-corrected chi connectivity index (χ0v) is 10.1. The van der Waals surface area contributed by atoms with Crippen LogP contribution >= 0.6 is 15.9 Å². The molecule has 0 N–H and O–H groups in total. The number of aromatic nitrogens is 2. The Kier molecular flexibility index (Phi) is 3.06. The highest BCUT2D eigenvalue weighted by molar-refractivity contribution is 9.09. The molecule has 0 aromatic carbocycles. The van der Waals surface area contributed by atoms with Gasteiger partial charge < -0.3 is 0 Å². The molecular formula is C10H15BrN2. The smallest absolute Gasteiger partial charge is 0.0748 e. The van der Waals surface area contributed by atoms with Crippen LogP contribution in [0.5, 0.6) is 0 Å². The molecule has 0 saturated heterocycles. The Labute approximate surface area is 87.9 Å². The van der Waals surface area contributed by atoms with Gasteiger partial charge in [-0.3, -0.25) is 9.97 Å². The van der Waals surface area contributed by atoms with Gasteiger partial charge in [0, 0.05) is 6.20 Å². The third kappa shape index (κ3) is 2.76. The Balaban J connectivity index is 2.94. The highest BCUT2D eigenvalue weighted by Gasteiger charge is 2.17. The third-order valence-corrected chi connectivity index (χ3v) is 2.28. The Morgan fingerprint density at radius 1 is 1.23 bits per heavy atom. The molecule has 0 aliphatic carbocycles. The predicted octanol–water partition coefficient (Wildman–Crippen LogP) is 3.23. The first-order valence-electron chi connectivity index (χ1n) is 4.42. The Bertz CT molecular complexity index is 272. The minimum absolute atomic E-state index is 0.0878. The summed E-state index contributed by atoms with van der Waals surface area (Å²) < 4.78 is -0.0878. The van der Waals surface area contributed by atoms with Crippen LogP contribution < -0.4 is 0 Å². The molecule has 1 heterocycles. The van der Waals surface area contributed by atoms with Crippen molar-refractivity contribution >= 4 is 15.9 Å². The van der Waals surface area contributed by atoms with Gasteiger partial charge in [-0.15, -0.1) is 0 Å². The quantitative estimate of drug-likeness (QED) is 0.745. The summed E-state index contributed by atoms with van der Waals surface area (Å²) in [6, 6.07) is 0. The molecule has 1 rings (SSSR count). The largest absolute Gasteiger partial charge is 0.257 e. The van der Waals surface area contributed by atoms with Gasteiger partial charge in [-0.2, -0.15) is 0 Å². The lowest BCUT2D eigenvalue weighted by molar-refractivity contribution is 0.735. The maximum absolute atomic E-state index is 4.36. The molecule has 0 radical (unpaired) electrons. The lowest BCUT2D eigenvalue weighted by Gasteiger charge is -2.15. The van der Waals surface area contributed by atoms with Gasteiger partial charge in [-0.05, 0) is 19.8 Å². The maximum Gasteiger partial charge on any atom is 0.0748 e. The second kappa shape index (κ2) is 3.74. The molecule has 0 bridgehead atoms. The van der Waals surface area contributed by atoms with Crippen molar-refractivity contribution in [2.24, 2.45) is 0 Å². The molecule has 13 heavy (non-hydrogen) atoms. The average molecular weight is 243 g/mol. The molecule has 1 aromatic heterocycles. The number of hydrogen-bond donors (Lipinski definition) is 0.